The van der Waals surface area contributed by atoms with E-state index in [4.69, 9.17) is 4.74 Å². The van der Waals surface area contributed by atoms with Gasteiger partial charge in [0.2, 0.25) is 5.91 Å². The summed E-state index contributed by atoms with van der Waals surface area (Å²) in [4.78, 5) is 11.9. The van der Waals surface area contributed by atoms with Crippen LogP contribution in [0.15, 0.2) is 0 Å². The summed E-state index contributed by atoms with van der Waals surface area (Å²) in [5, 5.41) is 6.15. The molecule has 4 nitrogen and oxygen atoms in total. The van der Waals surface area contributed by atoms with Crippen LogP contribution in [0, 0.1) is 5.41 Å². The average molecular weight is 200 g/mol. The summed E-state index contributed by atoms with van der Waals surface area (Å²) in [7, 11) is 1.66. The molecule has 0 bridgehead atoms. The molecule has 1 saturated heterocycles. The Kier molecular flexibility index (Phi) is 4.35. The van der Waals surface area contributed by atoms with Gasteiger partial charge in [-0.1, -0.05) is 0 Å². The van der Waals surface area contributed by atoms with Gasteiger partial charge in [-0.3, -0.25) is 4.79 Å². The highest BCUT2D eigenvalue weighted by Gasteiger charge is 2.39. The Bertz CT molecular complexity index is 183. The lowest BCUT2D eigenvalue weighted by molar-refractivity contribution is -0.136. The quantitative estimate of drug-likeness (QED) is 0.678. The van der Waals surface area contributed by atoms with Crippen molar-refractivity contribution in [3.63, 3.8) is 0 Å². The van der Waals surface area contributed by atoms with E-state index in [1.165, 1.54) is 0 Å². The zero-order valence-electron chi connectivity index (χ0n) is 9.06. The zero-order valence-corrected chi connectivity index (χ0v) is 9.06. The molecule has 1 heterocycles. The van der Waals surface area contributed by atoms with Crippen LogP contribution >= 0.6 is 0 Å². The van der Waals surface area contributed by atoms with E-state index in [9.17, 15) is 4.79 Å². The van der Waals surface area contributed by atoms with E-state index in [-0.39, 0.29) is 11.3 Å². The summed E-state index contributed by atoms with van der Waals surface area (Å²) in [6.07, 6.45) is 1.74. The molecule has 1 amide bonds. The summed E-state index contributed by atoms with van der Waals surface area (Å²) in [6, 6.07) is 0. The molecular formula is C10H20N2O2. The van der Waals surface area contributed by atoms with Gasteiger partial charge in [0.05, 0.1) is 12.0 Å². The van der Waals surface area contributed by atoms with Crippen LogP contribution in [-0.4, -0.2) is 39.3 Å². The predicted molar refractivity (Wildman–Crippen MR) is 55.1 cm³/mol. The fraction of sp³-hybridized carbons (Fsp3) is 0.900. The van der Waals surface area contributed by atoms with Gasteiger partial charge in [-0.25, -0.2) is 0 Å². The third-order valence-corrected chi connectivity index (χ3v) is 2.80. The van der Waals surface area contributed by atoms with Gasteiger partial charge in [-0.05, 0) is 32.9 Å². The van der Waals surface area contributed by atoms with Gasteiger partial charge >= 0.3 is 0 Å². The monoisotopic (exact) mass is 200 g/mol. The number of methoxy groups -OCH3 is 1. The smallest absolute Gasteiger partial charge is 0.228 e. The van der Waals surface area contributed by atoms with Gasteiger partial charge in [0.1, 0.15) is 0 Å². The van der Waals surface area contributed by atoms with Gasteiger partial charge in [0.25, 0.3) is 0 Å². The SMILES string of the molecule is CCNC(=O)C1(COC)CCNCC1. The Morgan fingerprint density at radius 2 is 2.14 bits per heavy atom. The molecule has 0 saturated carbocycles. The van der Waals surface area contributed by atoms with E-state index in [1.54, 1.807) is 7.11 Å². The standard InChI is InChI=1S/C10H20N2O2/c1-3-12-9(13)10(8-14-2)4-6-11-7-5-10/h11H,3-8H2,1-2H3,(H,12,13). The van der Waals surface area contributed by atoms with Crippen LogP contribution in [0.1, 0.15) is 19.8 Å². The van der Waals surface area contributed by atoms with Crippen molar-refractivity contribution in [1.29, 1.82) is 0 Å². The molecule has 1 fully saturated rings. The van der Waals surface area contributed by atoms with Gasteiger partial charge in [0.15, 0.2) is 0 Å². The van der Waals surface area contributed by atoms with Crippen molar-refractivity contribution in [3.05, 3.63) is 0 Å². The normalized spacial score (nSPS) is 20.4. The lowest BCUT2D eigenvalue weighted by Gasteiger charge is -2.35. The number of carbonyl (C=O) groups excluding carboxylic acids is 1. The molecule has 82 valence electrons. The second-order valence-electron chi connectivity index (χ2n) is 3.82. The number of ether oxygens (including phenoxy) is 1. The van der Waals surface area contributed by atoms with Crippen LogP contribution in [0.3, 0.4) is 0 Å². The lowest BCUT2D eigenvalue weighted by Crippen LogP contribution is -2.50. The first-order chi connectivity index (χ1) is 6.75. The molecule has 0 aromatic carbocycles. The first-order valence-electron chi connectivity index (χ1n) is 5.23. The summed E-state index contributed by atoms with van der Waals surface area (Å²) in [6.45, 7) is 4.97. The fourth-order valence-corrected chi connectivity index (χ4v) is 1.97. The first-order valence-corrected chi connectivity index (χ1v) is 5.23. The summed E-state index contributed by atoms with van der Waals surface area (Å²) in [5.41, 5.74) is -0.296. The van der Waals surface area contributed by atoms with Crippen molar-refractivity contribution in [3.8, 4) is 0 Å². The molecule has 2 N–H and O–H groups in total. The van der Waals surface area contributed by atoms with Crippen molar-refractivity contribution < 1.29 is 9.53 Å². The Hall–Kier alpha value is -0.610. The van der Waals surface area contributed by atoms with Gasteiger partial charge < -0.3 is 15.4 Å². The molecule has 0 aromatic rings. The number of nitrogens with one attached hydrogen (secondary N) is 2. The van der Waals surface area contributed by atoms with Crippen molar-refractivity contribution in [2.75, 3.05) is 33.4 Å². The molecule has 0 unspecified atom stereocenters. The van der Waals surface area contributed by atoms with Crippen LogP contribution in [0.5, 0.6) is 0 Å². The third kappa shape index (κ3) is 2.45. The fourth-order valence-electron chi connectivity index (χ4n) is 1.97. The number of rotatable bonds is 4. The van der Waals surface area contributed by atoms with Gasteiger partial charge in [0, 0.05) is 13.7 Å². The highest BCUT2D eigenvalue weighted by molar-refractivity contribution is 5.82. The minimum atomic E-state index is -0.296. The van der Waals surface area contributed by atoms with Crippen LogP contribution in [0.4, 0.5) is 0 Å². The second-order valence-corrected chi connectivity index (χ2v) is 3.82. The van der Waals surface area contributed by atoms with Crippen LogP contribution < -0.4 is 10.6 Å². The van der Waals surface area contributed by atoms with Crippen LogP contribution in [-0.2, 0) is 9.53 Å². The molecule has 1 aliphatic heterocycles. The van der Waals surface area contributed by atoms with E-state index in [1.807, 2.05) is 6.92 Å². The average Bonchev–Trinajstić information content (AvgIpc) is 2.20. The number of hydrogen-bond donors (Lipinski definition) is 2. The minimum Gasteiger partial charge on any atom is -0.384 e. The molecule has 0 radical (unpaired) electrons. The molecule has 4 heteroatoms. The first kappa shape index (κ1) is 11.5. The molecule has 0 aromatic heterocycles. The molecule has 14 heavy (non-hydrogen) atoms. The molecule has 0 spiro atoms. The Labute approximate surface area is 85.4 Å². The highest BCUT2D eigenvalue weighted by atomic mass is 16.5. The van der Waals surface area contributed by atoms with E-state index >= 15 is 0 Å². The van der Waals surface area contributed by atoms with Crippen LogP contribution in [0.25, 0.3) is 0 Å². The Balaban J connectivity index is 2.63. The van der Waals surface area contributed by atoms with Crippen molar-refractivity contribution >= 4 is 5.91 Å². The maximum absolute atomic E-state index is 11.9. The number of amides is 1. The molecule has 0 atom stereocenters. The minimum absolute atomic E-state index is 0.142. The van der Waals surface area contributed by atoms with Gasteiger partial charge in [-0.2, -0.15) is 0 Å². The van der Waals surface area contributed by atoms with E-state index in [0.717, 1.165) is 25.9 Å². The number of carbonyl (C=O) groups is 1. The van der Waals surface area contributed by atoms with Gasteiger partial charge in [-0.15, -0.1) is 0 Å². The summed E-state index contributed by atoms with van der Waals surface area (Å²) >= 11 is 0. The van der Waals surface area contributed by atoms with E-state index in [2.05, 4.69) is 10.6 Å². The summed E-state index contributed by atoms with van der Waals surface area (Å²) in [5.74, 6) is 0.142. The highest BCUT2D eigenvalue weighted by Crippen LogP contribution is 2.29. The molecular weight excluding hydrogens is 180 g/mol. The van der Waals surface area contributed by atoms with Crippen molar-refractivity contribution in [1.82, 2.24) is 10.6 Å². The molecule has 0 aliphatic carbocycles. The summed E-state index contributed by atoms with van der Waals surface area (Å²) < 4.78 is 5.16. The molecule has 1 aliphatic rings. The maximum Gasteiger partial charge on any atom is 0.228 e. The largest absolute Gasteiger partial charge is 0.384 e. The van der Waals surface area contributed by atoms with Crippen LogP contribution in [0.2, 0.25) is 0 Å². The second kappa shape index (κ2) is 5.32. The van der Waals surface area contributed by atoms with Crippen molar-refractivity contribution in [2.45, 2.75) is 19.8 Å². The van der Waals surface area contributed by atoms with Crippen molar-refractivity contribution in [2.24, 2.45) is 5.41 Å². The Morgan fingerprint density at radius 1 is 1.50 bits per heavy atom. The number of piperidine rings is 1. The topological polar surface area (TPSA) is 50.4 Å². The number of hydrogen-bond acceptors (Lipinski definition) is 3. The third-order valence-electron chi connectivity index (χ3n) is 2.80. The lowest BCUT2D eigenvalue weighted by atomic mass is 9.78. The predicted octanol–water partition coefficient (Wildman–Crippen LogP) is 0.139. The van der Waals surface area contributed by atoms with E-state index < -0.39 is 0 Å². The molecule has 1 rings (SSSR count). The van der Waals surface area contributed by atoms with E-state index in [0.29, 0.717) is 13.2 Å². The Morgan fingerprint density at radius 3 is 2.64 bits per heavy atom. The maximum atomic E-state index is 11.9. The zero-order chi connectivity index (χ0) is 10.4.